The van der Waals surface area contributed by atoms with Gasteiger partial charge in [0.2, 0.25) is 0 Å². The maximum absolute atomic E-state index is 10.8. The topological polar surface area (TPSA) is 44.8 Å². The molecule has 0 radical (unpaired) electrons. The van der Waals surface area contributed by atoms with E-state index < -0.39 is 0 Å². The minimum atomic E-state index is 0.127. The summed E-state index contributed by atoms with van der Waals surface area (Å²) in [5, 5.41) is 0. The lowest BCUT2D eigenvalue weighted by Crippen LogP contribution is -2.02. The summed E-state index contributed by atoms with van der Waals surface area (Å²) in [7, 11) is 3.19. The van der Waals surface area contributed by atoms with E-state index in [-0.39, 0.29) is 5.78 Å². The standard InChI is InChI=1S/C13H18O4/c1-10(14)7-8-17-9-11-5-4-6-12(15-2)13(11)16-3/h4-6H,7-9H2,1-3H3. The zero-order valence-electron chi connectivity index (χ0n) is 10.5. The fourth-order valence-corrected chi connectivity index (χ4v) is 1.47. The lowest BCUT2D eigenvalue weighted by atomic mass is 10.2. The van der Waals surface area contributed by atoms with Crippen molar-refractivity contribution in [2.45, 2.75) is 20.0 Å². The maximum atomic E-state index is 10.8. The summed E-state index contributed by atoms with van der Waals surface area (Å²) < 4.78 is 15.9. The van der Waals surface area contributed by atoms with E-state index in [9.17, 15) is 4.79 Å². The van der Waals surface area contributed by atoms with Crippen LogP contribution in [-0.4, -0.2) is 26.6 Å². The number of benzene rings is 1. The molecule has 0 saturated carbocycles. The molecule has 4 nitrogen and oxygen atoms in total. The average molecular weight is 238 g/mol. The van der Waals surface area contributed by atoms with E-state index in [1.54, 1.807) is 21.1 Å². The van der Waals surface area contributed by atoms with Crippen molar-refractivity contribution >= 4 is 5.78 Å². The van der Waals surface area contributed by atoms with E-state index in [2.05, 4.69) is 0 Å². The molecule has 0 atom stereocenters. The fraction of sp³-hybridized carbons (Fsp3) is 0.462. The number of Topliss-reactive ketones (excluding diaryl/α,β-unsaturated/α-hetero) is 1. The van der Waals surface area contributed by atoms with Crippen LogP contribution in [0.2, 0.25) is 0 Å². The lowest BCUT2D eigenvalue weighted by Gasteiger charge is -2.12. The quantitative estimate of drug-likeness (QED) is 0.683. The molecule has 0 aliphatic rings. The van der Waals surface area contributed by atoms with Gasteiger partial charge in [0.1, 0.15) is 5.78 Å². The molecule has 0 heterocycles. The van der Waals surface area contributed by atoms with Gasteiger partial charge in [-0.3, -0.25) is 4.79 Å². The largest absolute Gasteiger partial charge is 0.493 e. The molecule has 0 unspecified atom stereocenters. The third-order valence-electron chi connectivity index (χ3n) is 2.34. The van der Waals surface area contributed by atoms with Gasteiger partial charge in [-0.05, 0) is 13.0 Å². The minimum Gasteiger partial charge on any atom is -0.493 e. The Balaban J connectivity index is 2.60. The number of hydrogen-bond donors (Lipinski definition) is 0. The van der Waals surface area contributed by atoms with Crippen molar-refractivity contribution in [3.05, 3.63) is 23.8 Å². The number of carbonyl (C=O) groups is 1. The van der Waals surface area contributed by atoms with Crippen molar-refractivity contribution in [3.63, 3.8) is 0 Å². The van der Waals surface area contributed by atoms with Gasteiger partial charge in [0.15, 0.2) is 11.5 Å². The first-order valence-electron chi connectivity index (χ1n) is 5.46. The summed E-state index contributed by atoms with van der Waals surface area (Å²) in [5.41, 5.74) is 0.912. The fourth-order valence-electron chi connectivity index (χ4n) is 1.47. The van der Waals surface area contributed by atoms with Crippen LogP contribution in [0.4, 0.5) is 0 Å². The molecule has 0 aliphatic carbocycles. The molecule has 0 bridgehead atoms. The highest BCUT2D eigenvalue weighted by Crippen LogP contribution is 2.30. The maximum Gasteiger partial charge on any atom is 0.166 e. The van der Waals surface area contributed by atoms with Crippen molar-refractivity contribution in [1.82, 2.24) is 0 Å². The number of methoxy groups -OCH3 is 2. The molecule has 1 aromatic carbocycles. The number of ether oxygens (including phenoxy) is 3. The first-order chi connectivity index (χ1) is 8.19. The molecule has 1 rings (SSSR count). The van der Waals surface area contributed by atoms with Crippen molar-refractivity contribution in [2.75, 3.05) is 20.8 Å². The second kappa shape index (κ2) is 6.91. The molecule has 94 valence electrons. The highest BCUT2D eigenvalue weighted by atomic mass is 16.5. The molecule has 0 aromatic heterocycles. The first kappa shape index (κ1) is 13.5. The summed E-state index contributed by atoms with van der Waals surface area (Å²) in [4.78, 5) is 10.8. The smallest absolute Gasteiger partial charge is 0.166 e. The van der Waals surface area contributed by atoms with Gasteiger partial charge in [-0.1, -0.05) is 12.1 Å². The third kappa shape index (κ3) is 4.07. The third-order valence-corrected chi connectivity index (χ3v) is 2.34. The molecular formula is C13H18O4. The summed E-state index contributed by atoms with van der Waals surface area (Å²) in [6, 6.07) is 5.62. The molecule has 0 N–H and O–H groups in total. The summed E-state index contributed by atoms with van der Waals surface area (Å²) >= 11 is 0. The number of para-hydroxylation sites is 1. The van der Waals surface area contributed by atoms with Gasteiger partial charge in [0, 0.05) is 12.0 Å². The van der Waals surface area contributed by atoms with Crippen LogP contribution in [0.3, 0.4) is 0 Å². The Morgan fingerprint density at radius 2 is 2.00 bits per heavy atom. The number of ketones is 1. The van der Waals surface area contributed by atoms with E-state index in [1.165, 1.54) is 0 Å². The number of rotatable bonds is 7. The van der Waals surface area contributed by atoms with Crippen LogP contribution in [0, 0.1) is 0 Å². The molecular weight excluding hydrogens is 220 g/mol. The monoisotopic (exact) mass is 238 g/mol. The van der Waals surface area contributed by atoms with Crippen LogP contribution in [0.15, 0.2) is 18.2 Å². The van der Waals surface area contributed by atoms with Crippen molar-refractivity contribution in [3.8, 4) is 11.5 Å². The summed E-state index contributed by atoms with van der Waals surface area (Å²) in [5.74, 6) is 1.49. The summed E-state index contributed by atoms with van der Waals surface area (Å²) in [6.45, 7) is 2.39. The number of hydrogen-bond acceptors (Lipinski definition) is 4. The second-order valence-corrected chi connectivity index (χ2v) is 3.66. The van der Waals surface area contributed by atoms with Crippen molar-refractivity contribution in [1.29, 1.82) is 0 Å². The van der Waals surface area contributed by atoms with Crippen molar-refractivity contribution in [2.24, 2.45) is 0 Å². The molecule has 1 aromatic rings. The number of carbonyl (C=O) groups excluding carboxylic acids is 1. The molecule has 0 spiro atoms. The van der Waals surface area contributed by atoms with Gasteiger partial charge >= 0.3 is 0 Å². The van der Waals surface area contributed by atoms with E-state index in [0.717, 1.165) is 5.56 Å². The molecule has 0 amide bonds. The zero-order chi connectivity index (χ0) is 12.7. The molecule has 0 aliphatic heterocycles. The van der Waals surface area contributed by atoms with E-state index >= 15 is 0 Å². The van der Waals surface area contributed by atoms with Crippen LogP contribution in [0.25, 0.3) is 0 Å². The van der Waals surface area contributed by atoms with Gasteiger partial charge in [0.25, 0.3) is 0 Å². The highest BCUT2D eigenvalue weighted by Gasteiger charge is 2.09. The Morgan fingerprint density at radius 3 is 2.59 bits per heavy atom. The van der Waals surface area contributed by atoms with Crippen LogP contribution in [0.5, 0.6) is 11.5 Å². The van der Waals surface area contributed by atoms with Gasteiger partial charge in [-0.2, -0.15) is 0 Å². The Hall–Kier alpha value is -1.55. The van der Waals surface area contributed by atoms with Gasteiger partial charge < -0.3 is 14.2 Å². The van der Waals surface area contributed by atoms with Crippen molar-refractivity contribution < 1.29 is 19.0 Å². The Labute approximate surface area is 101 Å². The highest BCUT2D eigenvalue weighted by molar-refractivity contribution is 5.75. The van der Waals surface area contributed by atoms with Gasteiger partial charge in [-0.25, -0.2) is 0 Å². The normalized spacial score (nSPS) is 10.1. The van der Waals surface area contributed by atoms with Gasteiger partial charge in [0.05, 0.1) is 27.4 Å². The summed E-state index contributed by atoms with van der Waals surface area (Å²) in [6.07, 6.45) is 0.437. The Kier molecular flexibility index (Phi) is 5.49. The van der Waals surface area contributed by atoms with E-state index in [1.807, 2.05) is 18.2 Å². The molecule has 0 fully saturated rings. The predicted octanol–water partition coefficient (Wildman–Crippen LogP) is 2.20. The second-order valence-electron chi connectivity index (χ2n) is 3.66. The van der Waals surface area contributed by atoms with E-state index in [0.29, 0.717) is 31.1 Å². The van der Waals surface area contributed by atoms with Gasteiger partial charge in [-0.15, -0.1) is 0 Å². The van der Waals surface area contributed by atoms with E-state index in [4.69, 9.17) is 14.2 Å². The Bertz CT molecular complexity index is 374. The van der Waals surface area contributed by atoms with Crippen LogP contribution in [-0.2, 0) is 16.1 Å². The molecule has 0 saturated heterocycles. The first-order valence-corrected chi connectivity index (χ1v) is 5.46. The van der Waals surface area contributed by atoms with Crippen LogP contribution in [0.1, 0.15) is 18.9 Å². The molecule has 17 heavy (non-hydrogen) atoms. The predicted molar refractivity (Wildman–Crippen MR) is 64.5 cm³/mol. The zero-order valence-corrected chi connectivity index (χ0v) is 10.5. The molecule has 4 heteroatoms. The average Bonchev–Trinajstić information content (AvgIpc) is 2.33. The lowest BCUT2D eigenvalue weighted by molar-refractivity contribution is -0.118. The van der Waals surface area contributed by atoms with Crippen LogP contribution < -0.4 is 9.47 Å². The SMILES string of the molecule is COc1cccc(COCCC(C)=O)c1OC. The Morgan fingerprint density at radius 1 is 1.24 bits per heavy atom. The van der Waals surface area contributed by atoms with Crippen LogP contribution >= 0.6 is 0 Å². The minimum absolute atomic E-state index is 0.127.